The third-order valence-corrected chi connectivity index (χ3v) is 5.30. The molecule has 2 aromatic carbocycles. The van der Waals surface area contributed by atoms with Crippen LogP contribution >= 0.6 is 0 Å². The maximum Gasteiger partial charge on any atom is 0.282 e. The van der Waals surface area contributed by atoms with Gasteiger partial charge in [-0.05, 0) is 37.1 Å². The van der Waals surface area contributed by atoms with Gasteiger partial charge in [-0.3, -0.25) is 9.89 Å². The van der Waals surface area contributed by atoms with E-state index in [-0.39, 0.29) is 11.4 Å². The van der Waals surface area contributed by atoms with E-state index in [0.29, 0.717) is 22.9 Å². The quantitative estimate of drug-likeness (QED) is 0.569. The fourth-order valence-electron chi connectivity index (χ4n) is 3.98. The smallest absolute Gasteiger partial charge is 0.282 e. The van der Waals surface area contributed by atoms with E-state index in [1.165, 1.54) is 29.7 Å². The summed E-state index contributed by atoms with van der Waals surface area (Å²) < 4.78 is 15.1. The Morgan fingerprint density at radius 3 is 2.74 bits per heavy atom. The molecular formula is C21H19FN4O. The van der Waals surface area contributed by atoms with Gasteiger partial charge in [-0.15, -0.1) is 0 Å². The van der Waals surface area contributed by atoms with Crippen molar-refractivity contribution in [1.29, 1.82) is 0 Å². The van der Waals surface area contributed by atoms with Crippen LogP contribution in [0.25, 0.3) is 27.5 Å². The third kappa shape index (κ3) is 2.68. The molecule has 5 nitrogen and oxygen atoms in total. The highest BCUT2D eigenvalue weighted by atomic mass is 19.1. The molecular weight excluding hydrogens is 343 g/mol. The van der Waals surface area contributed by atoms with Crippen molar-refractivity contribution in [3.63, 3.8) is 0 Å². The molecule has 2 N–H and O–H groups in total. The highest BCUT2D eigenvalue weighted by Crippen LogP contribution is 2.29. The van der Waals surface area contributed by atoms with E-state index in [9.17, 15) is 9.18 Å². The van der Waals surface area contributed by atoms with Gasteiger partial charge >= 0.3 is 0 Å². The second kappa shape index (κ2) is 6.23. The number of H-pyrrole nitrogens is 1. The molecule has 6 heteroatoms. The summed E-state index contributed by atoms with van der Waals surface area (Å²) in [4.78, 5) is 17.9. The standard InChI is InChI=1S/C21H19FN4O/c22-13-6-5-9-15(12-13)26-21(27)18-19(25-26)16-10-3-4-11-17(16)24-20(18)23-14-7-1-2-8-14/h3-6,9-12,14,25H,1-2,7-8H2,(H,23,24). The third-order valence-electron chi connectivity index (χ3n) is 5.30. The first-order valence-corrected chi connectivity index (χ1v) is 9.27. The highest BCUT2D eigenvalue weighted by Gasteiger charge is 2.21. The molecule has 2 heterocycles. The molecule has 1 aliphatic rings. The molecule has 4 aromatic rings. The first-order valence-electron chi connectivity index (χ1n) is 9.27. The molecule has 0 saturated heterocycles. The van der Waals surface area contributed by atoms with E-state index in [2.05, 4.69) is 10.4 Å². The second-order valence-electron chi connectivity index (χ2n) is 7.09. The summed E-state index contributed by atoms with van der Waals surface area (Å²) in [6, 6.07) is 14.1. The van der Waals surface area contributed by atoms with E-state index in [0.717, 1.165) is 29.3 Å². The van der Waals surface area contributed by atoms with Crippen molar-refractivity contribution in [2.45, 2.75) is 31.7 Å². The van der Waals surface area contributed by atoms with Crippen molar-refractivity contribution in [3.05, 3.63) is 64.7 Å². The Labute approximate surface area is 154 Å². The molecule has 1 saturated carbocycles. The summed E-state index contributed by atoms with van der Waals surface area (Å²) in [5, 5.41) is 8.04. The van der Waals surface area contributed by atoms with Crippen LogP contribution in [-0.2, 0) is 0 Å². The van der Waals surface area contributed by atoms with E-state index in [1.807, 2.05) is 24.3 Å². The van der Waals surface area contributed by atoms with Crippen LogP contribution in [0.5, 0.6) is 0 Å². The number of hydrogen-bond acceptors (Lipinski definition) is 3. The Kier molecular flexibility index (Phi) is 3.70. The van der Waals surface area contributed by atoms with Gasteiger partial charge in [0.15, 0.2) is 0 Å². The average molecular weight is 362 g/mol. The Morgan fingerprint density at radius 2 is 1.93 bits per heavy atom. The van der Waals surface area contributed by atoms with Crippen LogP contribution in [0, 0.1) is 5.82 Å². The van der Waals surface area contributed by atoms with Gasteiger partial charge in [0.25, 0.3) is 5.56 Å². The number of benzene rings is 2. The predicted molar refractivity (Wildman–Crippen MR) is 105 cm³/mol. The molecule has 2 aromatic heterocycles. The lowest BCUT2D eigenvalue weighted by molar-refractivity contribution is 0.625. The lowest BCUT2D eigenvalue weighted by Gasteiger charge is -2.13. The minimum atomic E-state index is -0.384. The fourth-order valence-corrected chi connectivity index (χ4v) is 3.98. The molecule has 0 radical (unpaired) electrons. The zero-order valence-corrected chi connectivity index (χ0v) is 14.7. The summed E-state index contributed by atoms with van der Waals surface area (Å²) in [6.07, 6.45) is 4.54. The number of pyridine rings is 1. The van der Waals surface area contributed by atoms with Crippen molar-refractivity contribution < 1.29 is 4.39 Å². The van der Waals surface area contributed by atoms with E-state index < -0.39 is 0 Å². The van der Waals surface area contributed by atoms with Crippen LogP contribution in [0.1, 0.15) is 25.7 Å². The maximum atomic E-state index is 13.7. The van der Waals surface area contributed by atoms with Gasteiger partial charge < -0.3 is 5.32 Å². The number of aromatic amines is 1. The van der Waals surface area contributed by atoms with Crippen molar-refractivity contribution in [1.82, 2.24) is 14.8 Å². The number of fused-ring (bicyclic) bond motifs is 3. The molecule has 1 fully saturated rings. The number of rotatable bonds is 3. The van der Waals surface area contributed by atoms with Crippen LogP contribution in [0.15, 0.2) is 53.3 Å². The number of nitrogens with one attached hydrogen (secondary N) is 2. The molecule has 0 bridgehead atoms. The second-order valence-corrected chi connectivity index (χ2v) is 7.09. The Bertz CT molecular complexity index is 1200. The number of nitrogens with zero attached hydrogens (tertiary/aromatic N) is 2. The summed E-state index contributed by atoms with van der Waals surface area (Å²) in [6.45, 7) is 0. The van der Waals surface area contributed by atoms with Crippen molar-refractivity contribution >= 4 is 27.6 Å². The summed E-state index contributed by atoms with van der Waals surface area (Å²) >= 11 is 0. The first-order chi connectivity index (χ1) is 13.2. The minimum absolute atomic E-state index is 0.227. The predicted octanol–water partition coefficient (Wildman–Crippen LogP) is 4.36. The normalized spacial score (nSPS) is 15.0. The fraction of sp³-hybridized carbons (Fsp3) is 0.238. The molecule has 5 rings (SSSR count). The molecule has 0 aliphatic heterocycles. The van der Waals surface area contributed by atoms with Crippen molar-refractivity contribution in [2.24, 2.45) is 0 Å². The minimum Gasteiger partial charge on any atom is -0.367 e. The number of hydrogen-bond donors (Lipinski definition) is 2. The van der Waals surface area contributed by atoms with Gasteiger partial charge in [0.05, 0.1) is 16.7 Å². The largest absolute Gasteiger partial charge is 0.367 e. The molecule has 136 valence electrons. The number of para-hydroxylation sites is 1. The Hall–Kier alpha value is -3.15. The van der Waals surface area contributed by atoms with E-state index in [1.54, 1.807) is 12.1 Å². The molecule has 1 aliphatic carbocycles. The Morgan fingerprint density at radius 1 is 1.11 bits per heavy atom. The maximum absolute atomic E-state index is 13.7. The van der Waals surface area contributed by atoms with Crippen LogP contribution in [0.3, 0.4) is 0 Å². The van der Waals surface area contributed by atoms with Gasteiger partial charge in [-0.2, -0.15) is 0 Å². The van der Waals surface area contributed by atoms with Gasteiger partial charge in [0.1, 0.15) is 17.0 Å². The van der Waals surface area contributed by atoms with Crippen LogP contribution in [0.2, 0.25) is 0 Å². The number of anilines is 1. The summed E-state index contributed by atoms with van der Waals surface area (Å²) in [5.41, 5.74) is 1.77. The lowest BCUT2D eigenvalue weighted by atomic mass is 10.1. The SMILES string of the molecule is O=c1c2c(NC3CCCC3)nc3ccccc3c2[nH]n1-c1cccc(F)c1. The molecule has 0 unspecified atom stereocenters. The molecule has 27 heavy (non-hydrogen) atoms. The summed E-state index contributed by atoms with van der Waals surface area (Å²) in [5.74, 6) is 0.220. The lowest BCUT2D eigenvalue weighted by Crippen LogP contribution is -2.19. The molecule has 0 amide bonds. The first kappa shape index (κ1) is 16.1. The van der Waals surface area contributed by atoms with Crippen molar-refractivity contribution in [3.8, 4) is 5.69 Å². The number of aromatic nitrogens is 3. The van der Waals surface area contributed by atoms with Crippen LogP contribution in [0.4, 0.5) is 10.2 Å². The van der Waals surface area contributed by atoms with E-state index >= 15 is 0 Å². The van der Waals surface area contributed by atoms with Gasteiger partial charge in [-0.25, -0.2) is 14.1 Å². The zero-order valence-electron chi connectivity index (χ0n) is 14.7. The van der Waals surface area contributed by atoms with E-state index in [4.69, 9.17) is 4.98 Å². The Balaban J connectivity index is 1.79. The average Bonchev–Trinajstić information content (AvgIpc) is 3.30. The number of halogens is 1. The molecule has 0 atom stereocenters. The van der Waals surface area contributed by atoms with Crippen molar-refractivity contribution in [2.75, 3.05) is 5.32 Å². The van der Waals surface area contributed by atoms with Gasteiger partial charge in [0, 0.05) is 11.4 Å². The van der Waals surface area contributed by atoms with Crippen LogP contribution in [-0.4, -0.2) is 20.8 Å². The zero-order chi connectivity index (χ0) is 18.4. The van der Waals surface area contributed by atoms with Crippen LogP contribution < -0.4 is 10.9 Å². The highest BCUT2D eigenvalue weighted by molar-refractivity contribution is 6.07. The topological polar surface area (TPSA) is 62.7 Å². The molecule has 0 spiro atoms. The monoisotopic (exact) mass is 362 g/mol. The van der Waals surface area contributed by atoms with Gasteiger partial charge in [-0.1, -0.05) is 37.1 Å². The van der Waals surface area contributed by atoms with Gasteiger partial charge in [0.2, 0.25) is 0 Å². The summed E-state index contributed by atoms with van der Waals surface area (Å²) in [7, 11) is 0.